The third-order valence-electron chi connectivity index (χ3n) is 1.14. The second-order valence-corrected chi connectivity index (χ2v) is 4.02. The lowest BCUT2D eigenvalue weighted by Crippen LogP contribution is -1.73. The highest BCUT2D eigenvalue weighted by atomic mass is 79.9. The van der Waals surface area contributed by atoms with Crippen molar-refractivity contribution in [2.24, 2.45) is 0 Å². The van der Waals surface area contributed by atoms with Gasteiger partial charge in [-0.15, -0.1) is 11.8 Å². The number of benzene rings is 1. The van der Waals surface area contributed by atoms with Crippen LogP contribution in [0.25, 0.3) is 0 Å². The molecular formula is C10H15BrS. The summed E-state index contributed by atoms with van der Waals surface area (Å²) in [5.41, 5.74) is 0. The van der Waals surface area contributed by atoms with Gasteiger partial charge in [-0.1, -0.05) is 32.9 Å². The first-order valence-corrected chi connectivity index (χ1v) is 5.99. The van der Waals surface area contributed by atoms with Crippen LogP contribution in [0.2, 0.25) is 0 Å². The summed E-state index contributed by atoms with van der Waals surface area (Å²) in [5, 5.41) is 0. The van der Waals surface area contributed by atoms with Gasteiger partial charge in [-0.3, -0.25) is 0 Å². The quantitative estimate of drug-likeness (QED) is 0.689. The maximum absolute atomic E-state index is 3.48. The fourth-order valence-corrected chi connectivity index (χ4v) is 2.04. The normalized spacial score (nSPS) is 8.67. The van der Waals surface area contributed by atoms with Crippen LogP contribution in [0.3, 0.4) is 0 Å². The molecule has 0 aliphatic rings. The molecule has 0 N–H and O–H groups in total. The van der Waals surface area contributed by atoms with E-state index in [9.17, 15) is 0 Å². The minimum Gasteiger partial charge on any atom is -0.125 e. The van der Waals surface area contributed by atoms with Gasteiger partial charge < -0.3 is 0 Å². The van der Waals surface area contributed by atoms with Gasteiger partial charge in [-0.25, -0.2) is 0 Å². The van der Waals surface area contributed by atoms with Crippen molar-refractivity contribution in [1.82, 2.24) is 0 Å². The van der Waals surface area contributed by atoms with Gasteiger partial charge >= 0.3 is 0 Å². The average molecular weight is 247 g/mol. The summed E-state index contributed by atoms with van der Waals surface area (Å²) >= 11 is 5.33. The number of thioether (sulfide) groups is 1. The molecule has 0 aromatic heterocycles. The summed E-state index contributed by atoms with van der Waals surface area (Å²) in [5.74, 6) is 1.13. The Morgan fingerprint density at radius 2 is 1.83 bits per heavy atom. The predicted octanol–water partition coefficient (Wildman–Crippen LogP) is 4.59. The van der Waals surface area contributed by atoms with E-state index in [2.05, 4.69) is 41.1 Å². The van der Waals surface area contributed by atoms with Crippen LogP contribution in [-0.2, 0) is 0 Å². The number of hydrogen-bond acceptors (Lipinski definition) is 1. The Balaban J connectivity index is 0.000000561. The zero-order chi connectivity index (χ0) is 9.40. The lowest BCUT2D eigenvalue weighted by molar-refractivity contribution is 1.39. The second-order valence-electron chi connectivity index (χ2n) is 1.86. The Bertz CT molecular complexity index is 211. The first-order chi connectivity index (χ1) is 5.84. The molecule has 12 heavy (non-hydrogen) atoms. The van der Waals surface area contributed by atoms with Crippen LogP contribution in [0.4, 0.5) is 0 Å². The van der Waals surface area contributed by atoms with E-state index in [-0.39, 0.29) is 0 Å². The van der Waals surface area contributed by atoms with Crippen LogP contribution in [0, 0.1) is 0 Å². The number of hydrogen-bond donors (Lipinski definition) is 0. The van der Waals surface area contributed by atoms with E-state index in [0.29, 0.717) is 0 Å². The highest BCUT2D eigenvalue weighted by Crippen LogP contribution is 2.26. The van der Waals surface area contributed by atoms with Crippen molar-refractivity contribution < 1.29 is 0 Å². The molecule has 0 amide bonds. The fraction of sp³-hybridized carbons (Fsp3) is 0.400. The molecular weight excluding hydrogens is 232 g/mol. The molecule has 0 bridgehead atoms. The average Bonchev–Trinajstić information content (AvgIpc) is 2.13. The van der Waals surface area contributed by atoms with Gasteiger partial charge in [0, 0.05) is 9.37 Å². The molecule has 68 valence electrons. The minimum atomic E-state index is 1.13. The molecule has 0 aliphatic carbocycles. The van der Waals surface area contributed by atoms with Crippen molar-refractivity contribution in [3.63, 3.8) is 0 Å². The van der Waals surface area contributed by atoms with Crippen molar-refractivity contribution in [3.8, 4) is 0 Å². The van der Waals surface area contributed by atoms with Gasteiger partial charge in [0.15, 0.2) is 0 Å². The van der Waals surface area contributed by atoms with Crippen LogP contribution in [-0.4, -0.2) is 5.75 Å². The second kappa shape index (κ2) is 7.69. The number of halogens is 1. The lowest BCUT2D eigenvalue weighted by Gasteiger charge is -1.99. The van der Waals surface area contributed by atoms with Crippen LogP contribution in [0.5, 0.6) is 0 Å². The van der Waals surface area contributed by atoms with E-state index < -0.39 is 0 Å². The third-order valence-corrected chi connectivity index (χ3v) is 3.05. The molecule has 1 rings (SSSR count). The summed E-state index contributed by atoms with van der Waals surface area (Å²) in [4.78, 5) is 1.32. The molecule has 0 saturated carbocycles. The summed E-state index contributed by atoms with van der Waals surface area (Å²) in [6, 6.07) is 8.28. The molecule has 2 heteroatoms. The van der Waals surface area contributed by atoms with E-state index in [1.165, 1.54) is 9.37 Å². The zero-order valence-corrected chi connectivity index (χ0v) is 10.2. The molecule has 1 aromatic carbocycles. The monoisotopic (exact) mass is 246 g/mol. The molecule has 0 saturated heterocycles. The van der Waals surface area contributed by atoms with Crippen molar-refractivity contribution in [1.29, 1.82) is 0 Å². The molecule has 0 atom stereocenters. The van der Waals surface area contributed by atoms with Crippen LogP contribution >= 0.6 is 27.7 Å². The van der Waals surface area contributed by atoms with Crippen LogP contribution in [0.15, 0.2) is 33.6 Å². The Hall–Kier alpha value is 0.0500. The van der Waals surface area contributed by atoms with Crippen molar-refractivity contribution in [3.05, 3.63) is 28.7 Å². The van der Waals surface area contributed by atoms with E-state index in [1.54, 1.807) is 0 Å². The maximum Gasteiger partial charge on any atom is 0.0311 e. The van der Waals surface area contributed by atoms with E-state index >= 15 is 0 Å². The first kappa shape index (κ1) is 12.0. The van der Waals surface area contributed by atoms with E-state index in [1.807, 2.05) is 31.7 Å². The maximum atomic E-state index is 3.48. The highest BCUT2D eigenvalue weighted by molar-refractivity contribution is 9.10. The van der Waals surface area contributed by atoms with Crippen molar-refractivity contribution in [2.45, 2.75) is 25.7 Å². The highest BCUT2D eigenvalue weighted by Gasteiger charge is 1.94. The standard InChI is InChI=1S/C8H9BrS.C2H6/c1-2-10-8-6-4-3-5-7(8)9;1-2/h3-6H,2H2,1H3;1-2H3. The molecule has 0 spiro atoms. The summed E-state index contributed by atoms with van der Waals surface area (Å²) in [6.45, 7) is 6.16. The third kappa shape index (κ3) is 4.17. The Labute approximate surface area is 87.9 Å². The first-order valence-electron chi connectivity index (χ1n) is 4.22. The number of rotatable bonds is 2. The molecule has 0 radical (unpaired) electrons. The SMILES string of the molecule is CC.CCSc1ccccc1Br. The lowest BCUT2D eigenvalue weighted by atomic mass is 10.4. The molecule has 0 nitrogen and oxygen atoms in total. The Morgan fingerprint density at radius 1 is 1.25 bits per heavy atom. The minimum absolute atomic E-state index is 1.13. The Morgan fingerprint density at radius 3 is 2.33 bits per heavy atom. The van der Waals surface area contributed by atoms with Crippen molar-refractivity contribution in [2.75, 3.05) is 5.75 Å². The van der Waals surface area contributed by atoms with Gasteiger partial charge in [-0.2, -0.15) is 0 Å². The van der Waals surface area contributed by atoms with Crippen LogP contribution < -0.4 is 0 Å². The summed E-state index contributed by atoms with van der Waals surface area (Å²) in [6.07, 6.45) is 0. The Kier molecular flexibility index (Phi) is 7.72. The van der Waals surface area contributed by atoms with Gasteiger partial charge in [-0.05, 0) is 33.8 Å². The van der Waals surface area contributed by atoms with Crippen molar-refractivity contribution >= 4 is 27.7 Å². The molecule has 0 heterocycles. The van der Waals surface area contributed by atoms with E-state index in [0.717, 1.165) is 5.75 Å². The predicted molar refractivity (Wildman–Crippen MR) is 61.9 cm³/mol. The smallest absolute Gasteiger partial charge is 0.0311 e. The summed E-state index contributed by atoms with van der Waals surface area (Å²) in [7, 11) is 0. The van der Waals surface area contributed by atoms with Gasteiger partial charge in [0.05, 0.1) is 0 Å². The van der Waals surface area contributed by atoms with Gasteiger partial charge in [0.1, 0.15) is 0 Å². The van der Waals surface area contributed by atoms with Crippen LogP contribution in [0.1, 0.15) is 20.8 Å². The topological polar surface area (TPSA) is 0 Å². The zero-order valence-electron chi connectivity index (χ0n) is 7.80. The molecule has 0 fully saturated rings. The van der Waals surface area contributed by atoms with E-state index in [4.69, 9.17) is 0 Å². The van der Waals surface area contributed by atoms with Gasteiger partial charge in [0.25, 0.3) is 0 Å². The fourth-order valence-electron chi connectivity index (χ4n) is 0.717. The molecule has 0 unspecified atom stereocenters. The molecule has 0 aliphatic heterocycles. The molecule has 1 aromatic rings. The largest absolute Gasteiger partial charge is 0.125 e. The van der Waals surface area contributed by atoms with Gasteiger partial charge in [0.2, 0.25) is 0 Å². The summed E-state index contributed by atoms with van der Waals surface area (Å²) < 4.78 is 1.20.